The number of benzene rings is 2. The summed E-state index contributed by atoms with van der Waals surface area (Å²) in [6, 6.07) is 9.24. The fraction of sp³-hybridized carbons (Fsp3) is 0.235. The first kappa shape index (κ1) is 19.6. The van der Waals surface area contributed by atoms with Gasteiger partial charge in [0.25, 0.3) is 5.91 Å². The van der Waals surface area contributed by atoms with Crippen molar-refractivity contribution in [2.45, 2.75) is 11.3 Å². The predicted molar refractivity (Wildman–Crippen MR) is 93.3 cm³/mol. The number of rotatable bonds is 9. The fourth-order valence-corrected chi connectivity index (χ4v) is 2.80. The van der Waals surface area contributed by atoms with Crippen LogP contribution < -0.4 is 10.1 Å². The van der Waals surface area contributed by atoms with E-state index in [-0.39, 0.29) is 24.1 Å². The Bertz CT molecular complexity index is 772. The van der Waals surface area contributed by atoms with Gasteiger partial charge in [-0.05, 0) is 42.5 Å². The second-order valence-electron chi connectivity index (χ2n) is 5.16. The number of nitrogens with zero attached hydrogens (tertiary/aromatic N) is 1. The van der Waals surface area contributed by atoms with Gasteiger partial charge in [-0.15, -0.1) is 11.8 Å². The zero-order valence-corrected chi connectivity index (χ0v) is 14.4. The normalized spacial score (nSPS) is 10.4. The summed E-state index contributed by atoms with van der Waals surface area (Å²) in [6.07, 6.45) is 0.708. The zero-order valence-electron chi connectivity index (χ0n) is 13.6. The molecule has 2 aromatic carbocycles. The summed E-state index contributed by atoms with van der Waals surface area (Å²) in [5.74, 6) is -0.897. The molecular weight excluding hydrogens is 366 g/mol. The van der Waals surface area contributed by atoms with Crippen molar-refractivity contribution in [1.29, 1.82) is 0 Å². The van der Waals surface area contributed by atoms with Gasteiger partial charge in [0.1, 0.15) is 11.6 Å². The minimum atomic E-state index is -1.02. The number of carbonyl (C=O) groups is 1. The lowest BCUT2D eigenvalue weighted by molar-refractivity contribution is -0.387. The van der Waals surface area contributed by atoms with Crippen LogP contribution >= 0.6 is 11.8 Å². The molecule has 2 rings (SSSR count). The molecule has 0 bridgehead atoms. The monoisotopic (exact) mass is 382 g/mol. The van der Waals surface area contributed by atoms with Crippen molar-refractivity contribution in [2.24, 2.45) is 0 Å². The third-order valence-electron chi connectivity index (χ3n) is 3.21. The van der Waals surface area contributed by atoms with E-state index in [2.05, 4.69) is 5.32 Å². The van der Waals surface area contributed by atoms with Crippen molar-refractivity contribution < 1.29 is 23.2 Å². The maximum Gasteiger partial charge on any atom is 0.305 e. The highest BCUT2D eigenvalue weighted by atomic mass is 32.2. The lowest BCUT2D eigenvalue weighted by atomic mass is 10.3. The van der Waals surface area contributed by atoms with Gasteiger partial charge >= 0.3 is 5.69 Å². The summed E-state index contributed by atoms with van der Waals surface area (Å²) in [6.45, 7) is 0.118. The molecule has 0 unspecified atom stereocenters. The lowest BCUT2D eigenvalue weighted by Gasteiger charge is -2.08. The van der Waals surface area contributed by atoms with Crippen molar-refractivity contribution in [2.75, 3.05) is 18.9 Å². The Hall–Kier alpha value is -2.68. The van der Waals surface area contributed by atoms with Gasteiger partial charge in [-0.25, -0.2) is 4.39 Å². The summed E-state index contributed by atoms with van der Waals surface area (Å²) < 4.78 is 31.3. The standard InChI is InChI=1S/C17H16F2N2O4S/c18-12-2-5-14(6-3-12)26-9-1-8-20-17(22)11-25-13-4-7-16(21(23)24)15(19)10-13/h2-7,10H,1,8-9,11H2,(H,20,22). The van der Waals surface area contributed by atoms with E-state index in [1.54, 1.807) is 23.9 Å². The number of amides is 1. The molecule has 0 aliphatic rings. The van der Waals surface area contributed by atoms with Crippen LogP contribution in [0.5, 0.6) is 5.75 Å². The van der Waals surface area contributed by atoms with Crippen molar-refractivity contribution in [3.63, 3.8) is 0 Å². The summed E-state index contributed by atoms with van der Waals surface area (Å²) in [7, 11) is 0. The Morgan fingerprint density at radius 2 is 1.92 bits per heavy atom. The quantitative estimate of drug-likeness (QED) is 0.310. The van der Waals surface area contributed by atoms with Gasteiger partial charge in [0.2, 0.25) is 5.82 Å². The van der Waals surface area contributed by atoms with Gasteiger partial charge in [0.05, 0.1) is 4.92 Å². The highest BCUT2D eigenvalue weighted by Crippen LogP contribution is 2.22. The first-order valence-corrected chi connectivity index (χ1v) is 8.66. The van der Waals surface area contributed by atoms with Crippen molar-refractivity contribution in [3.8, 4) is 5.75 Å². The number of hydrogen-bond donors (Lipinski definition) is 1. The lowest BCUT2D eigenvalue weighted by Crippen LogP contribution is -2.29. The SMILES string of the molecule is O=C(COc1ccc([N+](=O)[O-])c(F)c1)NCCCSc1ccc(F)cc1. The first-order valence-electron chi connectivity index (χ1n) is 7.67. The van der Waals surface area contributed by atoms with E-state index in [1.807, 2.05) is 0 Å². The highest BCUT2D eigenvalue weighted by Gasteiger charge is 2.14. The second-order valence-corrected chi connectivity index (χ2v) is 6.33. The van der Waals surface area contributed by atoms with Crippen LogP contribution in [-0.4, -0.2) is 29.7 Å². The number of carbonyl (C=O) groups excluding carboxylic acids is 1. The van der Waals surface area contributed by atoms with E-state index in [9.17, 15) is 23.7 Å². The molecule has 0 heterocycles. The Balaban J connectivity index is 1.63. The molecule has 0 fully saturated rings. The minimum Gasteiger partial charge on any atom is -0.484 e. The van der Waals surface area contributed by atoms with Crippen LogP contribution in [0.25, 0.3) is 0 Å². The van der Waals surface area contributed by atoms with Crippen LogP contribution in [0, 0.1) is 21.7 Å². The molecular formula is C17H16F2N2O4S. The van der Waals surface area contributed by atoms with Crippen molar-refractivity contribution in [3.05, 3.63) is 64.2 Å². The molecule has 0 aliphatic heterocycles. The number of thioether (sulfide) groups is 1. The summed E-state index contributed by atoms with van der Waals surface area (Å²) >= 11 is 1.55. The van der Waals surface area contributed by atoms with Gasteiger partial charge in [-0.1, -0.05) is 0 Å². The third kappa shape index (κ3) is 6.32. The number of nitro benzene ring substituents is 1. The molecule has 0 aliphatic carbocycles. The summed E-state index contributed by atoms with van der Waals surface area (Å²) in [5, 5.41) is 13.2. The number of ether oxygens (including phenoxy) is 1. The van der Waals surface area contributed by atoms with E-state index >= 15 is 0 Å². The number of nitrogens with one attached hydrogen (secondary N) is 1. The molecule has 138 valence electrons. The zero-order chi connectivity index (χ0) is 18.9. The molecule has 9 heteroatoms. The van der Waals surface area contributed by atoms with Gasteiger partial charge in [-0.3, -0.25) is 14.9 Å². The van der Waals surface area contributed by atoms with Gasteiger partial charge in [-0.2, -0.15) is 4.39 Å². The molecule has 0 radical (unpaired) electrons. The molecule has 2 aromatic rings. The molecule has 0 saturated carbocycles. The van der Waals surface area contributed by atoms with Crippen LogP contribution in [0.2, 0.25) is 0 Å². The molecule has 1 N–H and O–H groups in total. The molecule has 26 heavy (non-hydrogen) atoms. The predicted octanol–water partition coefficient (Wildman–Crippen LogP) is 3.55. The fourth-order valence-electron chi connectivity index (χ4n) is 1.95. The van der Waals surface area contributed by atoms with Crippen LogP contribution in [0.15, 0.2) is 47.4 Å². The maximum atomic E-state index is 13.4. The summed E-state index contributed by atoms with van der Waals surface area (Å²) in [5.41, 5.74) is -0.652. The van der Waals surface area contributed by atoms with Crippen LogP contribution in [-0.2, 0) is 4.79 Å². The minimum absolute atomic E-state index is 0.0371. The molecule has 0 aromatic heterocycles. The second kappa shape index (κ2) is 9.71. The van der Waals surface area contributed by atoms with Crippen LogP contribution in [0.3, 0.4) is 0 Å². The first-order chi connectivity index (χ1) is 12.5. The molecule has 0 saturated heterocycles. The molecule has 0 atom stereocenters. The highest BCUT2D eigenvalue weighted by molar-refractivity contribution is 7.99. The Morgan fingerprint density at radius 1 is 1.19 bits per heavy atom. The topological polar surface area (TPSA) is 81.5 Å². The van der Waals surface area contributed by atoms with Crippen LogP contribution in [0.1, 0.15) is 6.42 Å². The average molecular weight is 382 g/mol. The van der Waals surface area contributed by atoms with Crippen molar-refractivity contribution >= 4 is 23.4 Å². The Kier molecular flexibility index (Phi) is 7.34. The Labute approximate surface area is 152 Å². The van der Waals surface area contributed by atoms with Gasteiger partial charge < -0.3 is 10.1 Å². The van der Waals surface area contributed by atoms with Crippen LogP contribution in [0.4, 0.5) is 14.5 Å². The third-order valence-corrected chi connectivity index (χ3v) is 4.31. The van der Waals surface area contributed by atoms with E-state index in [1.165, 1.54) is 18.2 Å². The number of nitro groups is 1. The van der Waals surface area contributed by atoms with E-state index < -0.39 is 16.4 Å². The maximum absolute atomic E-state index is 13.4. The smallest absolute Gasteiger partial charge is 0.305 e. The molecule has 0 spiro atoms. The number of hydrogen-bond acceptors (Lipinski definition) is 5. The Morgan fingerprint density at radius 3 is 2.58 bits per heavy atom. The number of halogens is 2. The molecule has 6 nitrogen and oxygen atoms in total. The summed E-state index contributed by atoms with van der Waals surface area (Å²) in [4.78, 5) is 22.3. The average Bonchev–Trinajstić information content (AvgIpc) is 2.61. The van der Waals surface area contributed by atoms with Gasteiger partial charge in [0, 0.05) is 23.6 Å². The van der Waals surface area contributed by atoms with Gasteiger partial charge in [0.15, 0.2) is 6.61 Å². The van der Waals surface area contributed by atoms with E-state index in [4.69, 9.17) is 4.74 Å². The van der Waals surface area contributed by atoms with E-state index in [0.29, 0.717) is 13.0 Å². The van der Waals surface area contributed by atoms with E-state index in [0.717, 1.165) is 22.8 Å². The van der Waals surface area contributed by atoms with Crippen molar-refractivity contribution in [1.82, 2.24) is 5.32 Å². The molecule has 1 amide bonds. The largest absolute Gasteiger partial charge is 0.484 e.